The number of hydrogen-bond acceptors (Lipinski definition) is 6. The molecule has 0 aromatic carbocycles. The van der Waals surface area contributed by atoms with Crippen LogP contribution in [0.3, 0.4) is 0 Å². The molecule has 18 heavy (non-hydrogen) atoms. The lowest BCUT2D eigenvalue weighted by Gasteiger charge is -2.11. The van der Waals surface area contributed by atoms with E-state index in [9.17, 15) is 4.79 Å². The van der Waals surface area contributed by atoms with Crippen LogP contribution in [0.15, 0.2) is 4.52 Å². The van der Waals surface area contributed by atoms with Gasteiger partial charge in [-0.15, -0.1) is 0 Å². The first kappa shape index (κ1) is 12.8. The van der Waals surface area contributed by atoms with Gasteiger partial charge >= 0.3 is 6.03 Å². The third kappa shape index (κ3) is 3.17. The Morgan fingerprint density at radius 1 is 1.61 bits per heavy atom. The van der Waals surface area contributed by atoms with Crippen molar-refractivity contribution in [1.29, 1.82) is 0 Å². The first-order valence-corrected chi connectivity index (χ1v) is 5.69. The number of nitrogens with two attached hydrogens (primary N) is 1. The number of urea groups is 1. The molecule has 2 atom stereocenters. The van der Waals surface area contributed by atoms with Crippen LogP contribution in [-0.2, 0) is 16.1 Å². The Morgan fingerprint density at radius 2 is 2.44 bits per heavy atom. The number of methoxy groups -OCH3 is 1. The Labute approximate surface area is 104 Å². The number of carbonyl (C=O) groups is 1. The summed E-state index contributed by atoms with van der Waals surface area (Å²) in [5.74, 6) is 0.943. The molecule has 100 valence electrons. The van der Waals surface area contributed by atoms with E-state index in [4.69, 9.17) is 19.7 Å². The molecule has 1 aliphatic rings. The first-order valence-electron chi connectivity index (χ1n) is 5.69. The molecular weight excluding hydrogens is 240 g/mol. The summed E-state index contributed by atoms with van der Waals surface area (Å²) < 4.78 is 15.6. The number of amides is 2. The van der Waals surface area contributed by atoms with Crippen LogP contribution in [0.5, 0.6) is 0 Å². The van der Waals surface area contributed by atoms with Crippen molar-refractivity contribution in [3.8, 4) is 0 Å². The molecule has 1 fully saturated rings. The molecule has 1 saturated heterocycles. The van der Waals surface area contributed by atoms with Gasteiger partial charge in [0.15, 0.2) is 0 Å². The SMILES string of the molecule is COCc1nc(C2CCC(CNC(N)=O)O2)no1. The lowest BCUT2D eigenvalue weighted by molar-refractivity contribution is 0.0402. The minimum absolute atomic E-state index is 0.0631. The van der Waals surface area contributed by atoms with E-state index in [2.05, 4.69) is 15.5 Å². The number of nitrogens with zero attached hydrogens (tertiary/aromatic N) is 2. The molecule has 0 spiro atoms. The molecule has 0 radical (unpaired) electrons. The van der Waals surface area contributed by atoms with Gasteiger partial charge in [0, 0.05) is 13.7 Å². The molecule has 1 aromatic rings. The Balaban J connectivity index is 1.85. The molecule has 2 amide bonds. The Morgan fingerprint density at radius 3 is 3.17 bits per heavy atom. The van der Waals surface area contributed by atoms with Crippen LogP contribution >= 0.6 is 0 Å². The molecule has 0 aliphatic carbocycles. The van der Waals surface area contributed by atoms with Crippen LogP contribution in [0.25, 0.3) is 0 Å². The Hall–Kier alpha value is -1.67. The van der Waals surface area contributed by atoms with Crippen molar-refractivity contribution in [3.05, 3.63) is 11.7 Å². The zero-order chi connectivity index (χ0) is 13.0. The van der Waals surface area contributed by atoms with E-state index >= 15 is 0 Å². The van der Waals surface area contributed by atoms with Gasteiger partial charge in [-0.25, -0.2) is 4.79 Å². The lowest BCUT2D eigenvalue weighted by atomic mass is 10.2. The maximum Gasteiger partial charge on any atom is 0.312 e. The normalized spacial score (nSPS) is 23.2. The molecular formula is C10H16N4O4. The third-order valence-electron chi connectivity index (χ3n) is 2.65. The van der Waals surface area contributed by atoms with E-state index in [0.717, 1.165) is 12.8 Å². The van der Waals surface area contributed by atoms with E-state index in [1.165, 1.54) is 0 Å². The highest BCUT2D eigenvalue weighted by molar-refractivity contribution is 5.71. The third-order valence-corrected chi connectivity index (χ3v) is 2.65. The van der Waals surface area contributed by atoms with E-state index in [-0.39, 0.29) is 18.8 Å². The Kier molecular flexibility index (Phi) is 4.11. The number of nitrogens with one attached hydrogen (secondary N) is 1. The van der Waals surface area contributed by atoms with Crippen LogP contribution < -0.4 is 11.1 Å². The smallest absolute Gasteiger partial charge is 0.312 e. The van der Waals surface area contributed by atoms with Crippen molar-refractivity contribution in [2.45, 2.75) is 31.7 Å². The van der Waals surface area contributed by atoms with Gasteiger partial charge in [0.25, 0.3) is 5.89 Å². The number of rotatable bonds is 5. The van der Waals surface area contributed by atoms with Crippen molar-refractivity contribution in [3.63, 3.8) is 0 Å². The molecule has 1 aromatic heterocycles. The molecule has 8 heteroatoms. The average Bonchev–Trinajstić information content (AvgIpc) is 2.94. The standard InChI is InChI=1S/C10H16N4O4/c1-16-5-8-13-9(14-18-8)7-3-2-6(17-7)4-12-10(11)15/h6-7H,2-5H2,1H3,(H3,11,12,15). The monoisotopic (exact) mass is 256 g/mol. The van der Waals surface area contributed by atoms with E-state index in [1.54, 1.807) is 7.11 Å². The highest BCUT2D eigenvalue weighted by Gasteiger charge is 2.30. The number of carbonyl (C=O) groups excluding carboxylic acids is 1. The molecule has 1 aliphatic heterocycles. The van der Waals surface area contributed by atoms with Crippen LogP contribution in [0.4, 0.5) is 4.79 Å². The second-order valence-corrected chi connectivity index (χ2v) is 4.05. The predicted octanol–water partition coefficient (Wildman–Crippen LogP) is 0.104. The zero-order valence-corrected chi connectivity index (χ0v) is 10.1. The quantitative estimate of drug-likeness (QED) is 0.772. The van der Waals surface area contributed by atoms with Crippen molar-refractivity contribution in [2.24, 2.45) is 5.73 Å². The van der Waals surface area contributed by atoms with Crippen molar-refractivity contribution in [1.82, 2.24) is 15.5 Å². The van der Waals surface area contributed by atoms with Crippen LogP contribution in [-0.4, -0.2) is 35.9 Å². The molecule has 2 rings (SSSR count). The molecule has 2 unspecified atom stereocenters. The number of hydrogen-bond donors (Lipinski definition) is 2. The predicted molar refractivity (Wildman–Crippen MR) is 59.4 cm³/mol. The topological polar surface area (TPSA) is 113 Å². The summed E-state index contributed by atoms with van der Waals surface area (Å²) in [5, 5.41) is 6.36. The van der Waals surface area contributed by atoms with Gasteiger partial charge < -0.3 is 25.0 Å². The minimum atomic E-state index is -0.552. The molecule has 0 bridgehead atoms. The summed E-state index contributed by atoms with van der Waals surface area (Å²) in [4.78, 5) is 14.8. The zero-order valence-electron chi connectivity index (χ0n) is 10.1. The van der Waals surface area contributed by atoms with Gasteiger partial charge in [-0.3, -0.25) is 0 Å². The molecule has 0 saturated carbocycles. The van der Waals surface area contributed by atoms with Crippen molar-refractivity contribution < 1.29 is 18.8 Å². The summed E-state index contributed by atoms with van der Waals surface area (Å²) in [7, 11) is 1.56. The summed E-state index contributed by atoms with van der Waals surface area (Å²) in [6.07, 6.45) is 1.35. The Bertz CT molecular complexity index is 408. The maximum absolute atomic E-state index is 10.6. The van der Waals surface area contributed by atoms with Gasteiger partial charge in [0.1, 0.15) is 12.7 Å². The lowest BCUT2D eigenvalue weighted by Crippen LogP contribution is -2.35. The van der Waals surface area contributed by atoms with E-state index in [1.807, 2.05) is 0 Å². The largest absolute Gasteiger partial charge is 0.375 e. The van der Waals surface area contributed by atoms with Gasteiger partial charge in [0.2, 0.25) is 5.82 Å². The molecule has 8 nitrogen and oxygen atoms in total. The summed E-state index contributed by atoms with van der Waals surface area (Å²) in [6.45, 7) is 0.682. The second kappa shape index (κ2) is 5.78. The van der Waals surface area contributed by atoms with E-state index < -0.39 is 6.03 Å². The van der Waals surface area contributed by atoms with Crippen molar-refractivity contribution >= 4 is 6.03 Å². The second-order valence-electron chi connectivity index (χ2n) is 4.05. The number of primary amides is 1. The highest BCUT2D eigenvalue weighted by atomic mass is 16.5. The summed E-state index contributed by atoms with van der Waals surface area (Å²) in [5.41, 5.74) is 4.99. The van der Waals surface area contributed by atoms with Gasteiger partial charge in [-0.1, -0.05) is 5.16 Å². The first-order chi connectivity index (χ1) is 8.69. The molecule has 3 N–H and O–H groups in total. The van der Waals surface area contributed by atoms with Crippen molar-refractivity contribution in [2.75, 3.05) is 13.7 Å². The fraction of sp³-hybridized carbons (Fsp3) is 0.700. The molecule has 2 heterocycles. The fourth-order valence-corrected chi connectivity index (χ4v) is 1.84. The minimum Gasteiger partial charge on any atom is -0.375 e. The van der Waals surface area contributed by atoms with Crippen LogP contribution in [0.2, 0.25) is 0 Å². The van der Waals surface area contributed by atoms with Gasteiger partial charge in [0.05, 0.1) is 6.10 Å². The summed E-state index contributed by atoms with van der Waals surface area (Å²) >= 11 is 0. The number of aromatic nitrogens is 2. The average molecular weight is 256 g/mol. The van der Waals surface area contributed by atoms with Gasteiger partial charge in [-0.05, 0) is 12.8 Å². The van der Waals surface area contributed by atoms with Crippen LogP contribution in [0.1, 0.15) is 30.7 Å². The summed E-state index contributed by atoms with van der Waals surface area (Å²) in [6, 6.07) is -0.552. The highest BCUT2D eigenvalue weighted by Crippen LogP contribution is 2.30. The fourth-order valence-electron chi connectivity index (χ4n) is 1.84. The van der Waals surface area contributed by atoms with Gasteiger partial charge in [-0.2, -0.15) is 4.98 Å². The maximum atomic E-state index is 10.6. The van der Waals surface area contributed by atoms with Crippen LogP contribution in [0, 0.1) is 0 Å². The van der Waals surface area contributed by atoms with E-state index in [0.29, 0.717) is 18.3 Å². The number of ether oxygens (including phenoxy) is 2.